The molecular weight excluding hydrogens is 340 g/mol. The molecule has 0 aromatic heterocycles. The molecular formula is C18H22N2O4S. The second-order valence-corrected chi connectivity index (χ2v) is 7.43. The van der Waals surface area contributed by atoms with Crippen molar-refractivity contribution in [3.8, 4) is 0 Å². The number of carbonyl (C=O) groups is 1. The number of hydrogen-bond donors (Lipinski definition) is 2. The third-order valence-corrected chi connectivity index (χ3v) is 4.91. The Bertz CT molecular complexity index is 807. The Morgan fingerprint density at radius 3 is 2.52 bits per heavy atom. The number of ether oxygens (including phenoxy) is 1. The van der Waals surface area contributed by atoms with Gasteiger partial charge in [-0.15, -0.1) is 0 Å². The second kappa shape index (κ2) is 8.75. The molecule has 0 heterocycles. The van der Waals surface area contributed by atoms with Crippen molar-refractivity contribution in [1.29, 1.82) is 0 Å². The highest BCUT2D eigenvalue weighted by Gasteiger charge is 2.17. The van der Waals surface area contributed by atoms with E-state index in [1.54, 1.807) is 19.2 Å². The van der Waals surface area contributed by atoms with Gasteiger partial charge in [-0.1, -0.05) is 36.4 Å². The van der Waals surface area contributed by atoms with Gasteiger partial charge in [0, 0.05) is 25.3 Å². The van der Waals surface area contributed by atoms with Crippen molar-refractivity contribution in [2.45, 2.75) is 24.4 Å². The summed E-state index contributed by atoms with van der Waals surface area (Å²) in [7, 11) is -2.16. The highest BCUT2D eigenvalue weighted by molar-refractivity contribution is 7.89. The Kier molecular flexibility index (Phi) is 6.69. The summed E-state index contributed by atoms with van der Waals surface area (Å²) in [5.41, 5.74) is 1.14. The standard InChI is InChI=1S/C18H22N2O4S/c1-14(13-24-2)20-18(21)16-9-6-10-17(11-16)25(22,23)19-12-15-7-4-3-5-8-15/h3-11,14,19H,12-13H2,1-2H3,(H,20,21). The molecule has 2 N–H and O–H groups in total. The van der Waals surface area contributed by atoms with Gasteiger partial charge < -0.3 is 10.1 Å². The maximum atomic E-state index is 12.4. The second-order valence-electron chi connectivity index (χ2n) is 5.67. The molecule has 7 heteroatoms. The van der Waals surface area contributed by atoms with E-state index in [1.807, 2.05) is 37.3 Å². The lowest BCUT2D eigenvalue weighted by atomic mass is 10.2. The van der Waals surface area contributed by atoms with Gasteiger partial charge >= 0.3 is 0 Å². The van der Waals surface area contributed by atoms with Crippen LogP contribution in [0.1, 0.15) is 22.8 Å². The summed E-state index contributed by atoms with van der Waals surface area (Å²) in [6.45, 7) is 2.37. The molecule has 0 saturated heterocycles. The summed E-state index contributed by atoms with van der Waals surface area (Å²) in [4.78, 5) is 12.3. The van der Waals surface area contributed by atoms with E-state index in [4.69, 9.17) is 4.74 Å². The van der Waals surface area contributed by atoms with Gasteiger partial charge in [-0.05, 0) is 30.7 Å². The van der Waals surface area contributed by atoms with E-state index in [9.17, 15) is 13.2 Å². The number of nitrogens with one attached hydrogen (secondary N) is 2. The van der Waals surface area contributed by atoms with Gasteiger partial charge in [-0.3, -0.25) is 4.79 Å². The molecule has 0 aliphatic carbocycles. The zero-order valence-corrected chi connectivity index (χ0v) is 15.0. The zero-order valence-electron chi connectivity index (χ0n) is 14.2. The minimum absolute atomic E-state index is 0.0514. The quantitative estimate of drug-likeness (QED) is 0.751. The average molecular weight is 362 g/mol. The molecule has 0 spiro atoms. The molecule has 2 rings (SSSR count). The van der Waals surface area contributed by atoms with E-state index >= 15 is 0 Å². The molecule has 25 heavy (non-hydrogen) atoms. The van der Waals surface area contributed by atoms with Gasteiger partial charge in [0.1, 0.15) is 0 Å². The lowest BCUT2D eigenvalue weighted by Gasteiger charge is -2.13. The molecule has 134 valence electrons. The maximum absolute atomic E-state index is 12.4. The van der Waals surface area contributed by atoms with Crippen LogP contribution < -0.4 is 10.0 Å². The molecule has 0 saturated carbocycles. The molecule has 0 bridgehead atoms. The fourth-order valence-corrected chi connectivity index (χ4v) is 3.32. The summed E-state index contributed by atoms with van der Waals surface area (Å²) < 4.78 is 32.4. The van der Waals surface area contributed by atoms with Crippen molar-refractivity contribution in [3.05, 3.63) is 65.7 Å². The summed E-state index contributed by atoms with van der Waals surface area (Å²) >= 11 is 0. The number of sulfonamides is 1. The fourth-order valence-electron chi connectivity index (χ4n) is 2.26. The number of benzene rings is 2. The summed E-state index contributed by atoms with van der Waals surface area (Å²) in [6, 6.07) is 15.0. The summed E-state index contributed by atoms with van der Waals surface area (Å²) in [5, 5.41) is 2.75. The van der Waals surface area contributed by atoms with Gasteiger partial charge in [-0.25, -0.2) is 13.1 Å². The molecule has 6 nitrogen and oxygen atoms in total. The SMILES string of the molecule is COCC(C)NC(=O)c1cccc(S(=O)(=O)NCc2ccccc2)c1. The van der Waals surface area contributed by atoms with Crippen molar-refractivity contribution in [2.75, 3.05) is 13.7 Å². The van der Waals surface area contributed by atoms with Crippen LogP contribution >= 0.6 is 0 Å². The van der Waals surface area contributed by atoms with Crippen LogP contribution in [-0.4, -0.2) is 34.1 Å². The molecule has 0 aliphatic heterocycles. The van der Waals surface area contributed by atoms with Crippen LogP contribution in [-0.2, 0) is 21.3 Å². The minimum Gasteiger partial charge on any atom is -0.383 e. The highest BCUT2D eigenvalue weighted by atomic mass is 32.2. The molecule has 2 aromatic rings. The van der Waals surface area contributed by atoms with Crippen LogP contribution in [0.15, 0.2) is 59.5 Å². The number of methoxy groups -OCH3 is 1. The Morgan fingerprint density at radius 1 is 1.12 bits per heavy atom. The monoisotopic (exact) mass is 362 g/mol. The van der Waals surface area contributed by atoms with E-state index < -0.39 is 10.0 Å². The summed E-state index contributed by atoms with van der Waals surface area (Å²) in [6.07, 6.45) is 0. The normalized spacial score (nSPS) is 12.6. The Balaban J connectivity index is 2.09. The van der Waals surface area contributed by atoms with E-state index in [-0.39, 0.29) is 29.0 Å². The van der Waals surface area contributed by atoms with Crippen LogP contribution in [0, 0.1) is 0 Å². The Hall–Kier alpha value is -2.22. The molecule has 1 amide bonds. The third kappa shape index (κ3) is 5.67. The largest absolute Gasteiger partial charge is 0.383 e. The van der Waals surface area contributed by atoms with Crippen LogP contribution in [0.2, 0.25) is 0 Å². The van der Waals surface area contributed by atoms with Crippen molar-refractivity contribution in [3.63, 3.8) is 0 Å². The highest BCUT2D eigenvalue weighted by Crippen LogP contribution is 2.12. The van der Waals surface area contributed by atoms with Crippen molar-refractivity contribution >= 4 is 15.9 Å². The van der Waals surface area contributed by atoms with Gasteiger partial charge in [0.2, 0.25) is 10.0 Å². The predicted octanol–water partition coefficient (Wildman–Crippen LogP) is 1.93. The summed E-state index contributed by atoms with van der Waals surface area (Å²) in [5.74, 6) is -0.343. The van der Waals surface area contributed by atoms with Crippen molar-refractivity contribution in [1.82, 2.24) is 10.0 Å². The number of amides is 1. The molecule has 1 atom stereocenters. The van der Waals surface area contributed by atoms with E-state index in [2.05, 4.69) is 10.0 Å². The smallest absolute Gasteiger partial charge is 0.251 e. The van der Waals surface area contributed by atoms with Gasteiger partial charge in [0.05, 0.1) is 11.5 Å². The van der Waals surface area contributed by atoms with E-state index in [1.165, 1.54) is 12.1 Å². The first kappa shape index (κ1) is 19.1. The number of rotatable bonds is 8. The number of hydrogen-bond acceptors (Lipinski definition) is 4. The first-order chi connectivity index (χ1) is 11.9. The molecule has 2 aromatic carbocycles. The topological polar surface area (TPSA) is 84.5 Å². The van der Waals surface area contributed by atoms with Crippen molar-refractivity contribution < 1.29 is 17.9 Å². The third-order valence-electron chi connectivity index (χ3n) is 3.51. The Labute approximate surface area is 148 Å². The van der Waals surface area contributed by atoms with E-state index in [0.717, 1.165) is 5.56 Å². The van der Waals surface area contributed by atoms with Crippen LogP contribution in [0.5, 0.6) is 0 Å². The maximum Gasteiger partial charge on any atom is 0.251 e. The fraction of sp³-hybridized carbons (Fsp3) is 0.278. The van der Waals surface area contributed by atoms with Gasteiger partial charge in [-0.2, -0.15) is 0 Å². The molecule has 0 radical (unpaired) electrons. The Morgan fingerprint density at radius 2 is 1.84 bits per heavy atom. The first-order valence-corrected chi connectivity index (χ1v) is 9.34. The zero-order chi connectivity index (χ0) is 18.3. The van der Waals surface area contributed by atoms with Crippen LogP contribution in [0.4, 0.5) is 0 Å². The van der Waals surface area contributed by atoms with Gasteiger partial charge in [0.25, 0.3) is 5.91 Å². The molecule has 0 fully saturated rings. The first-order valence-electron chi connectivity index (χ1n) is 7.86. The lowest BCUT2D eigenvalue weighted by molar-refractivity contribution is 0.0905. The van der Waals surface area contributed by atoms with E-state index in [0.29, 0.717) is 6.61 Å². The van der Waals surface area contributed by atoms with Gasteiger partial charge in [0.15, 0.2) is 0 Å². The lowest BCUT2D eigenvalue weighted by Crippen LogP contribution is -2.35. The average Bonchev–Trinajstić information content (AvgIpc) is 2.61. The molecule has 1 unspecified atom stereocenters. The predicted molar refractivity (Wildman–Crippen MR) is 95.7 cm³/mol. The number of carbonyl (C=O) groups excluding carboxylic acids is 1. The molecule has 0 aliphatic rings. The van der Waals surface area contributed by atoms with Crippen LogP contribution in [0.25, 0.3) is 0 Å². The van der Waals surface area contributed by atoms with Crippen LogP contribution in [0.3, 0.4) is 0 Å². The van der Waals surface area contributed by atoms with Crippen molar-refractivity contribution in [2.24, 2.45) is 0 Å². The minimum atomic E-state index is -3.71.